The maximum atomic E-state index is 13.9. The number of hydrogen-bond donors (Lipinski definition) is 1. The minimum absolute atomic E-state index is 0.00125. The summed E-state index contributed by atoms with van der Waals surface area (Å²) in [6.07, 6.45) is 2.30. The lowest BCUT2D eigenvalue weighted by molar-refractivity contribution is -0.161. The van der Waals surface area contributed by atoms with Crippen LogP contribution in [0.2, 0.25) is 0 Å². The van der Waals surface area contributed by atoms with Crippen LogP contribution in [0.3, 0.4) is 0 Å². The summed E-state index contributed by atoms with van der Waals surface area (Å²) in [6.45, 7) is 15.7. The molecule has 2 amide bonds. The van der Waals surface area contributed by atoms with Crippen molar-refractivity contribution in [1.82, 2.24) is 4.90 Å². The number of fused-ring (bicyclic) bond motifs is 1. The zero-order valence-corrected chi connectivity index (χ0v) is 23.2. The average Bonchev–Trinajstić information content (AvgIpc) is 3.55. The lowest BCUT2D eigenvalue weighted by Crippen LogP contribution is -2.51. The molecule has 36 heavy (non-hydrogen) atoms. The third-order valence-electron chi connectivity index (χ3n) is 8.33. The Kier molecular flexibility index (Phi) is 7.53. The van der Waals surface area contributed by atoms with E-state index in [0.717, 1.165) is 12.8 Å². The molecule has 0 aromatic rings. The number of nitrogens with zero attached hydrogens (tertiary/aromatic N) is 1. The van der Waals surface area contributed by atoms with Crippen LogP contribution in [0.15, 0.2) is 0 Å². The van der Waals surface area contributed by atoms with Gasteiger partial charge in [0.2, 0.25) is 11.7 Å². The summed E-state index contributed by atoms with van der Waals surface area (Å²) in [5.74, 6) is -3.43. The van der Waals surface area contributed by atoms with Crippen LogP contribution in [0.5, 0.6) is 0 Å². The average molecular weight is 505 g/mol. The molecule has 3 rings (SSSR count). The molecule has 0 unspecified atom stereocenters. The summed E-state index contributed by atoms with van der Waals surface area (Å²) < 4.78 is 5.50. The van der Waals surface area contributed by atoms with Gasteiger partial charge < -0.3 is 15.4 Å². The van der Waals surface area contributed by atoms with Gasteiger partial charge in [0.05, 0.1) is 18.4 Å². The van der Waals surface area contributed by atoms with Gasteiger partial charge in [0.25, 0.3) is 5.91 Å². The predicted molar refractivity (Wildman–Crippen MR) is 134 cm³/mol. The van der Waals surface area contributed by atoms with Gasteiger partial charge in [0.15, 0.2) is 5.78 Å². The number of esters is 1. The summed E-state index contributed by atoms with van der Waals surface area (Å²) in [5.41, 5.74) is 4.01. The van der Waals surface area contributed by atoms with Gasteiger partial charge in [-0.2, -0.15) is 0 Å². The number of carbonyl (C=O) groups is 5. The van der Waals surface area contributed by atoms with E-state index in [-0.39, 0.29) is 41.8 Å². The van der Waals surface area contributed by atoms with E-state index in [1.807, 2.05) is 20.8 Å². The molecule has 5 atom stereocenters. The molecule has 1 saturated heterocycles. The van der Waals surface area contributed by atoms with E-state index in [0.29, 0.717) is 18.9 Å². The molecule has 2 aliphatic carbocycles. The fourth-order valence-corrected chi connectivity index (χ4v) is 6.00. The Labute approximate surface area is 215 Å². The molecule has 202 valence electrons. The maximum absolute atomic E-state index is 13.9. The van der Waals surface area contributed by atoms with Crippen molar-refractivity contribution in [2.24, 2.45) is 46.2 Å². The Morgan fingerprint density at radius 2 is 1.58 bits per heavy atom. The number of hydrogen-bond acceptors (Lipinski definition) is 6. The van der Waals surface area contributed by atoms with Gasteiger partial charge in [0, 0.05) is 18.9 Å². The third-order valence-corrected chi connectivity index (χ3v) is 8.33. The lowest BCUT2D eigenvalue weighted by atomic mass is 9.77. The number of nitrogens with two attached hydrogens (primary N) is 1. The SMILES string of the molecule is CC(C)(C)OC(=O)C[C@H](C(=O)N1C[C@H]2[C@@H]([C@H]1C(=O)C[C@H](CC1CC1)C(=O)C(N)=O)C2(C)C)C(C)(C)C. The van der Waals surface area contributed by atoms with Crippen LogP contribution >= 0.6 is 0 Å². The predicted octanol–water partition coefficient (Wildman–Crippen LogP) is 3.29. The molecule has 3 fully saturated rings. The minimum Gasteiger partial charge on any atom is -0.460 e. The largest absolute Gasteiger partial charge is 0.460 e. The Balaban J connectivity index is 1.83. The van der Waals surface area contributed by atoms with Crippen molar-refractivity contribution >= 4 is 29.4 Å². The fourth-order valence-electron chi connectivity index (χ4n) is 6.00. The van der Waals surface area contributed by atoms with E-state index in [4.69, 9.17) is 10.5 Å². The third kappa shape index (κ3) is 6.17. The van der Waals surface area contributed by atoms with Gasteiger partial charge >= 0.3 is 5.97 Å². The normalized spacial score (nSPS) is 26.6. The monoisotopic (exact) mass is 504 g/mol. The maximum Gasteiger partial charge on any atom is 0.307 e. The number of amides is 2. The molecule has 0 aromatic carbocycles. The lowest BCUT2D eigenvalue weighted by Gasteiger charge is -2.37. The standard InChI is InChI=1S/C28H44N2O6/c1-26(2,3)17(13-20(32)36-27(4,5)6)25(35)30-14-18-21(28(18,7)8)22(30)19(31)12-16(11-15-9-10-15)23(33)24(29)34/h15-18,21-22H,9-14H2,1-8H3,(H2,29,34)/t16-,17+,18-,21-,22+/m0/s1. The first-order chi connectivity index (χ1) is 16.3. The van der Waals surface area contributed by atoms with Crippen molar-refractivity contribution in [1.29, 1.82) is 0 Å². The Bertz CT molecular complexity index is 937. The number of carbonyl (C=O) groups excluding carboxylic acids is 5. The molecule has 8 heteroatoms. The molecule has 1 aliphatic heterocycles. The minimum atomic E-state index is -1.01. The Hall–Kier alpha value is -2.25. The van der Waals surface area contributed by atoms with E-state index in [1.165, 1.54) is 0 Å². The molecular formula is C28H44N2O6. The second-order valence-electron chi connectivity index (χ2n) is 13.9. The van der Waals surface area contributed by atoms with Crippen molar-refractivity contribution in [3.8, 4) is 0 Å². The van der Waals surface area contributed by atoms with Crippen LogP contribution < -0.4 is 5.73 Å². The fraction of sp³-hybridized carbons (Fsp3) is 0.821. The van der Waals surface area contributed by atoms with Gasteiger partial charge in [0.1, 0.15) is 5.60 Å². The summed E-state index contributed by atoms with van der Waals surface area (Å²) in [6, 6.07) is -0.664. The van der Waals surface area contributed by atoms with Crippen LogP contribution in [0.1, 0.15) is 87.5 Å². The van der Waals surface area contributed by atoms with E-state index in [2.05, 4.69) is 13.8 Å². The van der Waals surface area contributed by atoms with E-state index >= 15 is 0 Å². The van der Waals surface area contributed by atoms with Gasteiger partial charge in [-0.3, -0.25) is 24.0 Å². The number of rotatable bonds is 10. The highest BCUT2D eigenvalue weighted by Gasteiger charge is 2.69. The molecule has 0 aromatic heterocycles. The van der Waals surface area contributed by atoms with Crippen molar-refractivity contribution < 1.29 is 28.7 Å². The van der Waals surface area contributed by atoms with E-state index in [1.54, 1.807) is 25.7 Å². The molecular weight excluding hydrogens is 460 g/mol. The first kappa shape index (κ1) is 28.3. The van der Waals surface area contributed by atoms with Crippen molar-refractivity contribution in [3.63, 3.8) is 0 Å². The van der Waals surface area contributed by atoms with Crippen LogP contribution in [-0.2, 0) is 28.7 Å². The summed E-state index contributed by atoms with van der Waals surface area (Å²) in [5, 5.41) is 0. The summed E-state index contributed by atoms with van der Waals surface area (Å²) >= 11 is 0. The zero-order chi connectivity index (χ0) is 27.4. The summed E-state index contributed by atoms with van der Waals surface area (Å²) in [7, 11) is 0. The van der Waals surface area contributed by atoms with Crippen LogP contribution in [0.25, 0.3) is 0 Å². The highest BCUT2D eigenvalue weighted by Crippen LogP contribution is 2.65. The highest BCUT2D eigenvalue weighted by molar-refractivity contribution is 6.36. The number of likely N-dealkylation sites (tertiary alicyclic amines) is 1. The zero-order valence-electron chi connectivity index (χ0n) is 23.2. The first-order valence-corrected chi connectivity index (χ1v) is 13.2. The van der Waals surface area contributed by atoms with Crippen molar-refractivity contribution in [2.45, 2.75) is 99.1 Å². The molecule has 0 bridgehead atoms. The number of primary amides is 1. The number of piperidine rings is 1. The molecule has 2 N–H and O–H groups in total. The van der Waals surface area contributed by atoms with Gasteiger partial charge in [-0.05, 0) is 55.8 Å². The Morgan fingerprint density at radius 1 is 1.00 bits per heavy atom. The number of ketones is 2. The van der Waals surface area contributed by atoms with Crippen LogP contribution in [0, 0.1) is 40.4 Å². The number of Topliss-reactive ketones (excluding diaryl/α,β-unsaturated/α-hetero) is 2. The topological polar surface area (TPSA) is 124 Å². The van der Waals surface area contributed by atoms with Crippen molar-refractivity contribution in [2.75, 3.05) is 6.54 Å². The van der Waals surface area contributed by atoms with Crippen LogP contribution in [0.4, 0.5) is 0 Å². The molecule has 8 nitrogen and oxygen atoms in total. The second-order valence-corrected chi connectivity index (χ2v) is 13.9. The molecule has 2 saturated carbocycles. The molecule has 0 radical (unpaired) electrons. The number of ether oxygens (including phenoxy) is 1. The first-order valence-electron chi connectivity index (χ1n) is 13.2. The molecule has 0 spiro atoms. The highest BCUT2D eigenvalue weighted by atomic mass is 16.6. The van der Waals surface area contributed by atoms with Gasteiger partial charge in [-0.1, -0.05) is 47.5 Å². The van der Waals surface area contributed by atoms with Crippen LogP contribution in [-0.4, -0.2) is 52.4 Å². The van der Waals surface area contributed by atoms with Gasteiger partial charge in [-0.15, -0.1) is 0 Å². The molecule has 3 aliphatic rings. The molecule has 1 heterocycles. The van der Waals surface area contributed by atoms with E-state index in [9.17, 15) is 24.0 Å². The quantitative estimate of drug-likeness (QED) is 0.360. The second kappa shape index (κ2) is 9.56. The smallest absolute Gasteiger partial charge is 0.307 e. The summed E-state index contributed by atoms with van der Waals surface area (Å²) in [4.78, 5) is 66.1. The van der Waals surface area contributed by atoms with Gasteiger partial charge in [-0.25, -0.2) is 0 Å². The van der Waals surface area contributed by atoms with E-state index < -0.39 is 46.6 Å². The van der Waals surface area contributed by atoms with Crippen molar-refractivity contribution in [3.05, 3.63) is 0 Å². The Morgan fingerprint density at radius 3 is 2.06 bits per heavy atom.